The number of nitrogens with two attached hydrogens (primary N) is 1. The summed E-state index contributed by atoms with van der Waals surface area (Å²) in [6.07, 6.45) is 9.55. The highest BCUT2D eigenvalue weighted by Gasteiger charge is 2.40. The van der Waals surface area contributed by atoms with Crippen LogP contribution in [0.1, 0.15) is 90.5 Å². The number of nitrogens with one attached hydrogen (secondary N) is 3. The minimum absolute atomic E-state index is 0.159. The standard InChI is InChI=1S/C34H52N6O5/c1-5-22(3)30-34(44)39-19-13-12-18-29(39)33(43)36-26(16-9-7-8-14-24(35)6-2)31(41)37-27(32(42)38-30)20-23-21-40(45-4)28-17-11-10-15-25(23)28/h10-11,15,17,21-22,24,26-27,29-30H,5-9,12-14,16,18-20,35H2,1-4H3,(H,36,43)(H,37,41)(H,38,42)/t22-,24?,26-,27-,29+,30-/m0/s1. The molecule has 0 bridgehead atoms. The van der Waals surface area contributed by atoms with E-state index in [0.29, 0.717) is 25.8 Å². The highest BCUT2D eigenvalue weighted by atomic mass is 16.6. The lowest BCUT2D eigenvalue weighted by Crippen LogP contribution is -2.64. The molecule has 248 valence electrons. The number of para-hydroxylation sites is 1. The van der Waals surface area contributed by atoms with Crippen LogP contribution in [0, 0.1) is 5.92 Å². The van der Waals surface area contributed by atoms with Crippen LogP contribution in [-0.2, 0) is 25.6 Å². The predicted molar refractivity (Wildman–Crippen MR) is 174 cm³/mol. The van der Waals surface area contributed by atoms with Gasteiger partial charge in [-0.05, 0) is 56.1 Å². The van der Waals surface area contributed by atoms with Crippen molar-refractivity contribution in [2.45, 2.75) is 122 Å². The van der Waals surface area contributed by atoms with Gasteiger partial charge in [0.2, 0.25) is 23.6 Å². The number of hydrogen-bond acceptors (Lipinski definition) is 6. The van der Waals surface area contributed by atoms with Gasteiger partial charge in [-0.2, -0.15) is 4.73 Å². The summed E-state index contributed by atoms with van der Waals surface area (Å²) >= 11 is 0. The number of benzene rings is 1. The van der Waals surface area contributed by atoms with E-state index in [1.165, 1.54) is 0 Å². The number of rotatable bonds is 12. The van der Waals surface area contributed by atoms with Crippen LogP contribution in [0.2, 0.25) is 0 Å². The lowest BCUT2D eigenvalue weighted by molar-refractivity contribution is -0.147. The van der Waals surface area contributed by atoms with Crippen LogP contribution in [0.4, 0.5) is 0 Å². The van der Waals surface area contributed by atoms with E-state index in [-0.39, 0.29) is 30.2 Å². The number of carbonyl (C=O) groups excluding carboxylic acids is 4. The van der Waals surface area contributed by atoms with Crippen LogP contribution in [0.25, 0.3) is 10.9 Å². The van der Waals surface area contributed by atoms with Crippen molar-refractivity contribution < 1.29 is 24.0 Å². The van der Waals surface area contributed by atoms with E-state index in [1.54, 1.807) is 16.7 Å². The number of piperidine rings is 1. The van der Waals surface area contributed by atoms with Crippen molar-refractivity contribution in [2.75, 3.05) is 13.7 Å². The minimum Gasteiger partial charge on any atom is -0.417 e. The second-order valence-corrected chi connectivity index (χ2v) is 12.7. The Hall–Kier alpha value is -3.60. The molecule has 0 saturated carbocycles. The van der Waals surface area contributed by atoms with Gasteiger partial charge in [-0.25, -0.2) is 0 Å². The van der Waals surface area contributed by atoms with E-state index < -0.39 is 36.0 Å². The van der Waals surface area contributed by atoms with Gasteiger partial charge in [0.05, 0.1) is 5.52 Å². The monoisotopic (exact) mass is 624 g/mol. The van der Waals surface area contributed by atoms with E-state index >= 15 is 0 Å². The van der Waals surface area contributed by atoms with Gasteiger partial charge in [0, 0.05) is 30.6 Å². The van der Waals surface area contributed by atoms with Gasteiger partial charge in [0.15, 0.2) is 0 Å². The molecule has 4 amide bonds. The highest BCUT2D eigenvalue weighted by Crippen LogP contribution is 2.24. The summed E-state index contributed by atoms with van der Waals surface area (Å²) in [5.41, 5.74) is 7.74. The third-order valence-corrected chi connectivity index (χ3v) is 9.60. The summed E-state index contributed by atoms with van der Waals surface area (Å²) in [7, 11) is 1.57. The summed E-state index contributed by atoms with van der Waals surface area (Å²) in [5, 5.41) is 9.86. The first-order chi connectivity index (χ1) is 21.7. The van der Waals surface area contributed by atoms with Crippen molar-refractivity contribution >= 4 is 34.5 Å². The first kappa shape index (κ1) is 34.3. The van der Waals surface area contributed by atoms with Crippen LogP contribution < -0.4 is 26.5 Å². The van der Waals surface area contributed by atoms with Gasteiger partial charge in [-0.3, -0.25) is 19.2 Å². The maximum absolute atomic E-state index is 14.1. The molecule has 45 heavy (non-hydrogen) atoms. The first-order valence-electron chi connectivity index (χ1n) is 16.8. The van der Waals surface area contributed by atoms with E-state index in [9.17, 15) is 19.2 Å². The topological polar surface area (TPSA) is 148 Å². The quantitative estimate of drug-likeness (QED) is 0.267. The van der Waals surface area contributed by atoms with E-state index in [2.05, 4.69) is 22.9 Å². The fourth-order valence-electron chi connectivity index (χ4n) is 6.49. The zero-order valence-electron chi connectivity index (χ0n) is 27.3. The fraction of sp³-hybridized carbons (Fsp3) is 0.647. The minimum atomic E-state index is -0.980. The van der Waals surface area contributed by atoms with Crippen LogP contribution in [0.15, 0.2) is 30.5 Å². The van der Waals surface area contributed by atoms with Crippen LogP contribution >= 0.6 is 0 Å². The molecule has 0 aliphatic carbocycles. The van der Waals surface area contributed by atoms with Gasteiger partial charge in [0.1, 0.15) is 31.3 Å². The van der Waals surface area contributed by atoms with Gasteiger partial charge in [-0.1, -0.05) is 64.7 Å². The molecule has 1 aromatic carbocycles. The van der Waals surface area contributed by atoms with Crippen molar-refractivity contribution in [3.05, 3.63) is 36.0 Å². The maximum Gasteiger partial charge on any atom is 0.246 e. The fourth-order valence-corrected chi connectivity index (χ4v) is 6.49. The third kappa shape index (κ3) is 8.36. The maximum atomic E-state index is 14.1. The Bertz CT molecular complexity index is 1330. The number of hydrogen-bond donors (Lipinski definition) is 4. The van der Waals surface area contributed by atoms with Crippen LogP contribution in [0.3, 0.4) is 0 Å². The zero-order valence-corrected chi connectivity index (χ0v) is 27.3. The number of aromatic nitrogens is 1. The summed E-state index contributed by atoms with van der Waals surface area (Å²) in [4.78, 5) is 62.9. The smallest absolute Gasteiger partial charge is 0.246 e. The van der Waals surface area contributed by atoms with Crippen molar-refractivity contribution in [3.63, 3.8) is 0 Å². The van der Waals surface area contributed by atoms with Gasteiger partial charge < -0.3 is 31.4 Å². The molecular weight excluding hydrogens is 572 g/mol. The van der Waals surface area contributed by atoms with Gasteiger partial charge in [-0.15, -0.1) is 0 Å². The molecule has 11 heteroatoms. The molecule has 5 N–H and O–H groups in total. The second-order valence-electron chi connectivity index (χ2n) is 12.7. The predicted octanol–water partition coefficient (Wildman–Crippen LogP) is 2.83. The molecule has 0 radical (unpaired) electrons. The Labute approximate surface area is 266 Å². The second kappa shape index (κ2) is 16.1. The van der Waals surface area contributed by atoms with Crippen molar-refractivity contribution in [1.82, 2.24) is 25.6 Å². The summed E-state index contributed by atoms with van der Waals surface area (Å²) in [6, 6.07) is 4.54. The van der Waals surface area contributed by atoms with Gasteiger partial charge in [0.25, 0.3) is 0 Å². The first-order valence-corrected chi connectivity index (χ1v) is 16.8. The Morgan fingerprint density at radius 1 is 0.933 bits per heavy atom. The van der Waals surface area contributed by atoms with Gasteiger partial charge >= 0.3 is 0 Å². The molecule has 2 saturated heterocycles. The Kier molecular flexibility index (Phi) is 12.3. The van der Waals surface area contributed by atoms with Crippen molar-refractivity contribution in [2.24, 2.45) is 11.7 Å². The molecular formula is C34H52N6O5. The molecule has 2 aliphatic rings. The van der Waals surface area contributed by atoms with Crippen molar-refractivity contribution in [3.8, 4) is 0 Å². The summed E-state index contributed by atoms with van der Waals surface area (Å²) in [5.74, 6) is -1.56. The molecule has 4 rings (SSSR count). The highest BCUT2D eigenvalue weighted by molar-refractivity contribution is 5.98. The molecule has 0 spiro atoms. The summed E-state index contributed by atoms with van der Waals surface area (Å²) < 4.78 is 1.63. The number of unbranched alkanes of at least 4 members (excludes halogenated alkanes) is 2. The molecule has 2 aromatic rings. The summed E-state index contributed by atoms with van der Waals surface area (Å²) in [6.45, 7) is 6.41. The Morgan fingerprint density at radius 3 is 2.40 bits per heavy atom. The average Bonchev–Trinajstić information content (AvgIpc) is 3.41. The molecule has 1 unspecified atom stereocenters. The number of carbonyl (C=O) groups is 4. The lowest BCUT2D eigenvalue weighted by atomic mass is 9.93. The van der Waals surface area contributed by atoms with E-state index in [1.807, 2.05) is 44.3 Å². The van der Waals surface area contributed by atoms with Crippen LogP contribution in [-0.4, -0.2) is 77.1 Å². The SMILES string of the molecule is CCC(N)CCCCC[C@@H]1NC(=O)[C@H]2CCCCN2C(=O)[C@H]([C@@H](C)CC)NC(=O)[C@H](Cc2cn(OC)c3ccccc23)NC1=O. The molecule has 11 nitrogen and oxygen atoms in total. The molecule has 2 aliphatic heterocycles. The lowest BCUT2D eigenvalue weighted by Gasteiger charge is -2.39. The van der Waals surface area contributed by atoms with Crippen molar-refractivity contribution in [1.29, 1.82) is 0 Å². The average molecular weight is 625 g/mol. The number of fused-ring (bicyclic) bond motifs is 2. The molecule has 6 atom stereocenters. The Morgan fingerprint density at radius 2 is 1.67 bits per heavy atom. The third-order valence-electron chi connectivity index (χ3n) is 9.60. The normalized spacial score (nSPS) is 24.5. The van der Waals surface area contributed by atoms with E-state index in [0.717, 1.165) is 61.4 Å². The molecule has 3 heterocycles. The largest absolute Gasteiger partial charge is 0.417 e. The number of nitrogens with zero attached hydrogens (tertiary/aromatic N) is 2. The zero-order chi connectivity index (χ0) is 32.5. The molecule has 1 aromatic heterocycles. The Balaban J connectivity index is 1.66. The number of amides is 4. The molecule has 2 fully saturated rings. The van der Waals surface area contributed by atoms with E-state index in [4.69, 9.17) is 10.6 Å². The van der Waals surface area contributed by atoms with Crippen LogP contribution in [0.5, 0.6) is 0 Å².